The number of hydrogen-bond acceptors (Lipinski definition) is 6. The van der Waals surface area contributed by atoms with E-state index in [9.17, 15) is 24.6 Å². The van der Waals surface area contributed by atoms with Crippen molar-refractivity contribution < 1.29 is 24.6 Å². The fraction of sp³-hybridized carbons (Fsp3) is 0.762. The van der Waals surface area contributed by atoms with Crippen molar-refractivity contribution >= 4 is 29.5 Å². The number of β-lactam (4-membered cyclic amide) rings is 1. The van der Waals surface area contributed by atoms with Crippen LogP contribution in [0.25, 0.3) is 0 Å². The molecule has 4 aliphatic heterocycles. The van der Waals surface area contributed by atoms with Crippen LogP contribution in [-0.2, 0) is 14.4 Å². The number of carboxylic acid groups (broad SMARTS) is 1. The van der Waals surface area contributed by atoms with Gasteiger partial charge in [0.15, 0.2) is 0 Å². The Bertz CT molecular complexity index is 825. The number of thioether (sulfide) groups is 1. The number of carbonyl (C=O) groups excluding carboxylic acids is 2. The second-order valence-corrected chi connectivity index (χ2v) is 10.7. The number of aliphatic hydroxyl groups excluding tert-OH is 1. The van der Waals surface area contributed by atoms with Crippen LogP contribution in [0.5, 0.6) is 0 Å². The minimum absolute atomic E-state index is 0.0599. The summed E-state index contributed by atoms with van der Waals surface area (Å²) in [7, 11) is 0. The molecule has 4 heterocycles. The van der Waals surface area contributed by atoms with Gasteiger partial charge in [-0.25, -0.2) is 4.79 Å². The highest BCUT2D eigenvalue weighted by Gasteiger charge is 2.61. The summed E-state index contributed by atoms with van der Waals surface area (Å²) in [5.74, 6) is -1.96. The fourth-order valence-corrected chi connectivity index (χ4v) is 7.32. The van der Waals surface area contributed by atoms with Crippen molar-refractivity contribution in [3.05, 3.63) is 10.6 Å². The Balaban J connectivity index is 1.55. The van der Waals surface area contributed by atoms with Crippen molar-refractivity contribution in [1.82, 2.24) is 14.7 Å². The number of aliphatic hydroxyl groups is 1. The zero-order chi connectivity index (χ0) is 22.1. The van der Waals surface area contributed by atoms with Gasteiger partial charge in [-0.15, -0.1) is 11.8 Å². The lowest BCUT2D eigenvalue weighted by Gasteiger charge is -2.46. The van der Waals surface area contributed by atoms with Gasteiger partial charge in [-0.05, 0) is 33.6 Å². The van der Waals surface area contributed by atoms with Crippen molar-refractivity contribution in [2.75, 3.05) is 13.1 Å². The number of hydrogen-bond donors (Lipinski definition) is 2. The molecule has 0 spiro atoms. The summed E-state index contributed by atoms with van der Waals surface area (Å²) in [5.41, 5.74) is -0.293. The van der Waals surface area contributed by atoms with E-state index in [4.69, 9.17) is 0 Å². The Morgan fingerprint density at radius 2 is 1.97 bits per heavy atom. The van der Waals surface area contributed by atoms with E-state index in [1.54, 1.807) is 6.92 Å². The third-order valence-electron chi connectivity index (χ3n) is 7.23. The van der Waals surface area contributed by atoms with Crippen LogP contribution in [0.3, 0.4) is 0 Å². The molecule has 1 unspecified atom stereocenters. The molecule has 2 N–H and O–H groups in total. The van der Waals surface area contributed by atoms with Crippen LogP contribution in [0.1, 0.15) is 47.5 Å². The van der Waals surface area contributed by atoms with Gasteiger partial charge in [0.2, 0.25) is 11.8 Å². The molecule has 0 saturated carbocycles. The predicted octanol–water partition coefficient (Wildman–Crippen LogP) is 1.30. The van der Waals surface area contributed by atoms with E-state index in [0.29, 0.717) is 17.9 Å². The van der Waals surface area contributed by atoms with Crippen molar-refractivity contribution in [2.24, 2.45) is 11.8 Å². The van der Waals surface area contributed by atoms with Gasteiger partial charge in [-0.3, -0.25) is 14.5 Å². The van der Waals surface area contributed by atoms with Gasteiger partial charge in [0.1, 0.15) is 5.70 Å². The van der Waals surface area contributed by atoms with Gasteiger partial charge >= 0.3 is 5.97 Å². The number of carboxylic acids is 1. The van der Waals surface area contributed by atoms with E-state index in [0.717, 1.165) is 13.0 Å². The highest BCUT2D eigenvalue weighted by Crippen LogP contribution is 2.53. The lowest BCUT2D eigenvalue weighted by molar-refractivity contribution is -0.163. The standard InChI is InChI=1S/C21H31N3O5S/c1-6-7-22-18(26)13-8-12(9-23(13)21(22,4)5)30-17-10(2)15-14(11(3)25)19(27)24(15)16(17)20(28)29/h10-15,25H,6-9H2,1-5H3,(H,28,29)/t10-,11-,12+,13?,14-,15-/m1/s1. The van der Waals surface area contributed by atoms with Gasteiger partial charge in [0.05, 0.1) is 29.8 Å². The van der Waals surface area contributed by atoms with Crippen LogP contribution in [0.4, 0.5) is 0 Å². The van der Waals surface area contributed by atoms with E-state index < -0.39 is 18.0 Å². The first kappa shape index (κ1) is 21.6. The van der Waals surface area contributed by atoms with Crippen LogP contribution < -0.4 is 0 Å². The molecule has 0 bridgehead atoms. The third-order valence-corrected chi connectivity index (χ3v) is 8.72. The molecule has 0 aromatic rings. The van der Waals surface area contributed by atoms with E-state index in [1.165, 1.54) is 16.7 Å². The predicted molar refractivity (Wildman–Crippen MR) is 112 cm³/mol. The summed E-state index contributed by atoms with van der Waals surface area (Å²) in [6.07, 6.45) is 0.783. The summed E-state index contributed by atoms with van der Waals surface area (Å²) in [6.45, 7) is 11.2. The maximum Gasteiger partial charge on any atom is 0.353 e. The summed E-state index contributed by atoms with van der Waals surface area (Å²) >= 11 is 1.51. The number of nitrogens with zero attached hydrogens (tertiary/aromatic N) is 3. The molecular formula is C21H31N3O5S. The van der Waals surface area contributed by atoms with Crippen molar-refractivity contribution in [3.8, 4) is 0 Å². The lowest BCUT2D eigenvalue weighted by atomic mass is 9.79. The first-order valence-electron chi connectivity index (χ1n) is 10.8. The normalized spacial score (nSPS) is 36.3. The molecule has 8 nitrogen and oxygen atoms in total. The first-order valence-corrected chi connectivity index (χ1v) is 11.6. The van der Waals surface area contributed by atoms with Crippen LogP contribution in [0, 0.1) is 11.8 Å². The molecule has 0 aromatic heterocycles. The van der Waals surface area contributed by atoms with Crippen molar-refractivity contribution in [3.63, 3.8) is 0 Å². The smallest absolute Gasteiger partial charge is 0.353 e. The van der Waals surface area contributed by atoms with Gasteiger partial charge in [-0.1, -0.05) is 13.8 Å². The molecule has 166 valence electrons. The van der Waals surface area contributed by atoms with E-state index in [2.05, 4.69) is 25.7 Å². The summed E-state index contributed by atoms with van der Waals surface area (Å²) in [5, 5.41) is 19.9. The minimum Gasteiger partial charge on any atom is -0.477 e. The Morgan fingerprint density at radius 3 is 2.50 bits per heavy atom. The average Bonchev–Trinajstić information content (AvgIpc) is 3.23. The lowest BCUT2D eigenvalue weighted by Crippen LogP contribution is -2.63. The Hall–Kier alpha value is -1.58. The van der Waals surface area contributed by atoms with Crippen molar-refractivity contribution in [1.29, 1.82) is 0 Å². The molecule has 4 aliphatic rings. The van der Waals surface area contributed by atoms with E-state index in [-0.39, 0.29) is 46.4 Å². The zero-order valence-electron chi connectivity index (χ0n) is 18.2. The third kappa shape index (κ3) is 2.85. The molecule has 0 aromatic carbocycles. The van der Waals surface area contributed by atoms with Crippen LogP contribution in [0.2, 0.25) is 0 Å². The molecular weight excluding hydrogens is 406 g/mol. The van der Waals surface area contributed by atoms with Gasteiger partial charge in [0.25, 0.3) is 0 Å². The average molecular weight is 438 g/mol. The van der Waals surface area contributed by atoms with Crippen LogP contribution in [0.15, 0.2) is 10.6 Å². The van der Waals surface area contributed by atoms with E-state index in [1.807, 2.05) is 11.8 Å². The molecule has 4 rings (SSSR count). The molecule has 30 heavy (non-hydrogen) atoms. The zero-order valence-corrected chi connectivity index (χ0v) is 19.0. The molecule has 2 amide bonds. The number of fused-ring (bicyclic) bond motifs is 2. The largest absolute Gasteiger partial charge is 0.477 e. The molecule has 3 fully saturated rings. The monoisotopic (exact) mass is 437 g/mol. The SMILES string of the molecule is CCCN1C(=O)C2C[C@H](SC3=C(C(=O)O)N4C(=O)[C@H]([C@@H](C)O)[C@H]4[C@H]3C)CN2C1(C)C. The number of amides is 2. The Labute approximate surface area is 181 Å². The summed E-state index contributed by atoms with van der Waals surface area (Å²) in [4.78, 5) is 43.8. The molecule has 0 aliphatic carbocycles. The van der Waals surface area contributed by atoms with E-state index >= 15 is 0 Å². The van der Waals surface area contributed by atoms with Crippen LogP contribution in [-0.4, -0.2) is 84.9 Å². The number of rotatable bonds is 6. The van der Waals surface area contributed by atoms with Gasteiger partial charge < -0.3 is 20.0 Å². The second kappa shape index (κ2) is 7.24. The van der Waals surface area contributed by atoms with Gasteiger partial charge in [0, 0.05) is 29.2 Å². The number of aliphatic carboxylic acids is 1. The van der Waals surface area contributed by atoms with Crippen molar-refractivity contribution in [2.45, 2.75) is 76.6 Å². The maximum absolute atomic E-state index is 13.0. The molecule has 6 atom stereocenters. The highest BCUT2D eigenvalue weighted by molar-refractivity contribution is 8.03. The minimum atomic E-state index is -1.10. The molecule has 9 heteroatoms. The topological polar surface area (TPSA) is 101 Å². The Kier molecular flexibility index (Phi) is 5.22. The Morgan fingerprint density at radius 1 is 1.30 bits per heavy atom. The maximum atomic E-state index is 13.0. The first-order chi connectivity index (χ1) is 14.0. The van der Waals surface area contributed by atoms with Gasteiger partial charge in [-0.2, -0.15) is 0 Å². The van der Waals surface area contributed by atoms with Crippen LogP contribution >= 0.6 is 11.8 Å². The molecule has 0 radical (unpaired) electrons. The fourth-order valence-electron chi connectivity index (χ4n) is 5.79. The summed E-state index contributed by atoms with van der Waals surface area (Å²) in [6, 6.07) is -0.469. The molecule has 3 saturated heterocycles. The highest BCUT2D eigenvalue weighted by atomic mass is 32.2. The quantitative estimate of drug-likeness (QED) is 0.604. The second-order valence-electron chi connectivity index (χ2n) is 9.40. The summed E-state index contributed by atoms with van der Waals surface area (Å²) < 4.78 is 0. The number of carbonyl (C=O) groups is 3.